The van der Waals surface area contributed by atoms with E-state index in [-0.39, 0.29) is 25.3 Å². The zero-order valence-corrected chi connectivity index (χ0v) is 18.2. The van der Waals surface area contributed by atoms with E-state index in [9.17, 15) is 13.6 Å². The van der Waals surface area contributed by atoms with Crippen molar-refractivity contribution in [3.63, 3.8) is 0 Å². The summed E-state index contributed by atoms with van der Waals surface area (Å²) in [5, 5.41) is 11.7. The fourth-order valence-corrected chi connectivity index (χ4v) is 4.06. The molecule has 32 heavy (non-hydrogen) atoms. The zero-order chi connectivity index (χ0) is 22.7. The number of nitrogens with zero attached hydrogens (tertiary/aromatic N) is 3. The number of hydrogen-bond acceptors (Lipinski definition) is 4. The highest BCUT2D eigenvalue weighted by Gasteiger charge is 2.34. The number of carbonyl (C=O) groups excluding carboxylic acids is 1. The molecule has 1 aromatic heterocycles. The Morgan fingerprint density at radius 2 is 1.78 bits per heavy atom. The molecule has 0 saturated carbocycles. The maximum atomic E-state index is 14.0. The van der Waals surface area contributed by atoms with E-state index in [4.69, 9.17) is 0 Å². The second-order valence-electron chi connectivity index (χ2n) is 8.26. The molecule has 0 unspecified atom stereocenters. The van der Waals surface area contributed by atoms with Crippen molar-refractivity contribution in [2.75, 3.05) is 23.3 Å². The van der Waals surface area contributed by atoms with Gasteiger partial charge in [-0.05, 0) is 43.5 Å². The van der Waals surface area contributed by atoms with Gasteiger partial charge in [0.2, 0.25) is 5.92 Å². The Bertz CT molecular complexity index is 1120. The van der Waals surface area contributed by atoms with Crippen LogP contribution >= 0.6 is 0 Å². The Hall–Kier alpha value is -3.35. The van der Waals surface area contributed by atoms with Crippen molar-refractivity contribution in [3.8, 4) is 11.3 Å². The Morgan fingerprint density at radius 1 is 1.00 bits per heavy atom. The lowest BCUT2D eigenvalue weighted by atomic mass is 10.0. The average molecular weight is 437 g/mol. The first kappa shape index (κ1) is 21.9. The minimum atomic E-state index is -2.70. The standard InChI is InChI=1S/C25H26F2N4O/c1-17-8-6-11-20(16-17)28-24(32)21-18(2)22(19-9-4-3-5-10-19)29-30-23(21)31-14-7-12-25(26,27)13-15-31/h3-6,8-11,16H,7,12-15H2,1-2H3,(H,28,32). The molecule has 2 heterocycles. The van der Waals surface area contributed by atoms with Gasteiger partial charge in [0.15, 0.2) is 5.82 Å². The van der Waals surface area contributed by atoms with Gasteiger partial charge in [-0.3, -0.25) is 4.79 Å². The number of benzene rings is 2. The Labute approximate surface area is 186 Å². The number of nitrogens with one attached hydrogen (secondary N) is 1. The number of alkyl halides is 2. The quantitative estimate of drug-likeness (QED) is 0.575. The average Bonchev–Trinajstić information content (AvgIpc) is 2.94. The number of aryl methyl sites for hydroxylation is 1. The molecule has 5 nitrogen and oxygen atoms in total. The van der Waals surface area contributed by atoms with Crippen LogP contribution in [0.4, 0.5) is 20.3 Å². The first-order chi connectivity index (χ1) is 15.3. The molecule has 1 aliphatic heterocycles. The number of rotatable bonds is 4. The number of hydrogen-bond donors (Lipinski definition) is 1. The molecule has 0 aliphatic carbocycles. The summed E-state index contributed by atoms with van der Waals surface area (Å²) in [6.45, 7) is 4.30. The molecule has 0 bridgehead atoms. The van der Waals surface area contributed by atoms with Gasteiger partial charge in [0, 0.05) is 37.2 Å². The molecule has 3 aromatic rings. The Morgan fingerprint density at radius 3 is 2.53 bits per heavy atom. The van der Waals surface area contributed by atoms with E-state index >= 15 is 0 Å². The molecule has 1 fully saturated rings. The second kappa shape index (κ2) is 9.02. The van der Waals surface area contributed by atoms with Gasteiger partial charge in [0.1, 0.15) is 0 Å². The molecule has 0 atom stereocenters. The third kappa shape index (κ3) is 4.77. The number of aromatic nitrogens is 2. The topological polar surface area (TPSA) is 58.1 Å². The summed E-state index contributed by atoms with van der Waals surface area (Å²) in [7, 11) is 0. The van der Waals surface area contributed by atoms with Crippen LogP contribution in [0.1, 0.15) is 40.7 Å². The van der Waals surface area contributed by atoms with Crippen LogP contribution in [-0.2, 0) is 0 Å². The fourth-order valence-electron chi connectivity index (χ4n) is 4.06. The maximum Gasteiger partial charge on any atom is 0.259 e. The number of amides is 1. The number of halogens is 2. The summed E-state index contributed by atoms with van der Waals surface area (Å²) < 4.78 is 27.9. The number of anilines is 2. The molecule has 1 aliphatic rings. The van der Waals surface area contributed by atoms with Crippen LogP contribution in [0.5, 0.6) is 0 Å². The third-order valence-electron chi connectivity index (χ3n) is 5.77. The fraction of sp³-hybridized carbons (Fsp3) is 0.320. The lowest BCUT2D eigenvalue weighted by Gasteiger charge is -2.25. The predicted molar refractivity (Wildman–Crippen MR) is 122 cm³/mol. The van der Waals surface area contributed by atoms with E-state index in [0.717, 1.165) is 11.1 Å². The van der Waals surface area contributed by atoms with Crippen molar-refractivity contribution in [2.45, 2.75) is 39.0 Å². The van der Waals surface area contributed by atoms with Crippen molar-refractivity contribution in [1.82, 2.24) is 10.2 Å². The highest BCUT2D eigenvalue weighted by molar-refractivity contribution is 6.09. The molecule has 1 saturated heterocycles. The molecule has 1 amide bonds. The van der Waals surface area contributed by atoms with Crippen molar-refractivity contribution in [1.29, 1.82) is 0 Å². The summed E-state index contributed by atoms with van der Waals surface area (Å²) in [6, 6.07) is 17.0. The molecule has 166 valence electrons. The van der Waals surface area contributed by atoms with Crippen molar-refractivity contribution in [2.24, 2.45) is 0 Å². The van der Waals surface area contributed by atoms with Crippen molar-refractivity contribution < 1.29 is 13.6 Å². The van der Waals surface area contributed by atoms with Crippen LogP contribution in [0.2, 0.25) is 0 Å². The summed E-state index contributed by atoms with van der Waals surface area (Å²) >= 11 is 0. The van der Waals surface area contributed by atoms with Gasteiger partial charge in [-0.1, -0.05) is 42.5 Å². The van der Waals surface area contributed by atoms with Gasteiger partial charge < -0.3 is 10.2 Å². The van der Waals surface area contributed by atoms with Gasteiger partial charge >= 0.3 is 0 Å². The van der Waals surface area contributed by atoms with Crippen molar-refractivity contribution in [3.05, 3.63) is 71.3 Å². The van der Waals surface area contributed by atoms with Gasteiger partial charge in [0.05, 0.1) is 11.3 Å². The second-order valence-corrected chi connectivity index (χ2v) is 8.26. The highest BCUT2D eigenvalue weighted by Crippen LogP contribution is 2.33. The summed E-state index contributed by atoms with van der Waals surface area (Å²) in [6.07, 6.45) is -0.108. The van der Waals surface area contributed by atoms with Crippen molar-refractivity contribution >= 4 is 17.4 Å². The summed E-state index contributed by atoms with van der Waals surface area (Å²) in [5.41, 5.74) is 4.17. The molecule has 0 spiro atoms. The van der Waals surface area contributed by atoms with Crippen LogP contribution < -0.4 is 10.2 Å². The van der Waals surface area contributed by atoms with Gasteiger partial charge in [0.25, 0.3) is 5.91 Å². The molecular formula is C25H26F2N4O. The predicted octanol–water partition coefficient (Wildman–Crippen LogP) is 5.64. The van der Waals surface area contributed by atoms with Crippen LogP contribution in [0.3, 0.4) is 0 Å². The third-order valence-corrected chi connectivity index (χ3v) is 5.77. The first-order valence-corrected chi connectivity index (χ1v) is 10.8. The lowest BCUT2D eigenvalue weighted by molar-refractivity contribution is -0.0102. The smallest absolute Gasteiger partial charge is 0.259 e. The first-order valence-electron chi connectivity index (χ1n) is 10.8. The van der Waals surface area contributed by atoms with Crippen LogP contribution in [0.15, 0.2) is 54.6 Å². The molecular weight excluding hydrogens is 410 g/mol. The normalized spacial score (nSPS) is 15.8. The molecule has 1 N–H and O–H groups in total. The maximum absolute atomic E-state index is 14.0. The van der Waals surface area contributed by atoms with Crippen LogP contribution in [-0.4, -0.2) is 35.1 Å². The largest absolute Gasteiger partial charge is 0.354 e. The summed E-state index contributed by atoms with van der Waals surface area (Å²) in [4.78, 5) is 15.2. The van der Waals surface area contributed by atoms with E-state index < -0.39 is 5.92 Å². The van der Waals surface area contributed by atoms with Gasteiger partial charge in [-0.15, -0.1) is 10.2 Å². The minimum absolute atomic E-state index is 0.122. The SMILES string of the molecule is Cc1cccc(NC(=O)c2c(N3CCCC(F)(F)CC3)nnc(-c3ccccc3)c2C)c1. The van der Waals surface area contributed by atoms with E-state index in [1.165, 1.54) is 0 Å². The summed E-state index contributed by atoms with van der Waals surface area (Å²) in [5.74, 6) is -2.68. The van der Waals surface area contributed by atoms with Gasteiger partial charge in [-0.2, -0.15) is 0 Å². The Kier molecular flexibility index (Phi) is 6.17. The van der Waals surface area contributed by atoms with E-state index in [1.807, 2.05) is 68.4 Å². The van der Waals surface area contributed by atoms with Crippen LogP contribution in [0, 0.1) is 13.8 Å². The van der Waals surface area contributed by atoms with E-state index in [0.29, 0.717) is 41.3 Å². The molecule has 4 rings (SSSR count). The highest BCUT2D eigenvalue weighted by atomic mass is 19.3. The van der Waals surface area contributed by atoms with Gasteiger partial charge in [-0.25, -0.2) is 8.78 Å². The Balaban J connectivity index is 1.77. The molecule has 2 aromatic carbocycles. The number of carbonyl (C=O) groups is 1. The lowest BCUT2D eigenvalue weighted by Crippen LogP contribution is -2.30. The molecule has 7 heteroatoms. The zero-order valence-electron chi connectivity index (χ0n) is 18.2. The molecule has 0 radical (unpaired) electrons. The minimum Gasteiger partial charge on any atom is -0.354 e. The van der Waals surface area contributed by atoms with E-state index in [1.54, 1.807) is 4.90 Å². The van der Waals surface area contributed by atoms with Crippen LogP contribution in [0.25, 0.3) is 11.3 Å². The van der Waals surface area contributed by atoms with E-state index in [2.05, 4.69) is 15.5 Å². The monoisotopic (exact) mass is 436 g/mol.